The fourth-order valence-corrected chi connectivity index (χ4v) is 1.37. The summed E-state index contributed by atoms with van der Waals surface area (Å²) >= 11 is 5.83. The van der Waals surface area contributed by atoms with Crippen LogP contribution >= 0.6 is 11.6 Å². The highest BCUT2D eigenvalue weighted by Crippen LogP contribution is 2.09. The molecule has 0 amide bonds. The van der Waals surface area contributed by atoms with Crippen LogP contribution in [0.15, 0.2) is 29.6 Å². The van der Waals surface area contributed by atoms with Crippen molar-refractivity contribution in [3.8, 4) is 0 Å². The van der Waals surface area contributed by atoms with E-state index in [2.05, 4.69) is 9.97 Å². The third-order valence-electron chi connectivity index (χ3n) is 2.13. The first-order chi connectivity index (χ1) is 7.18. The van der Waals surface area contributed by atoms with Gasteiger partial charge in [0.25, 0.3) is 5.56 Å². The highest BCUT2D eigenvalue weighted by Gasteiger charge is 2.05. The van der Waals surface area contributed by atoms with Crippen LogP contribution in [-0.4, -0.2) is 19.1 Å². The Morgan fingerprint density at radius 3 is 2.93 bits per heavy atom. The van der Waals surface area contributed by atoms with Gasteiger partial charge in [0.1, 0.15) is 11.0 Å². The molecule has 2 rings (SSSR count). The van der Waals surface area contributed by atoms with E-state index in [0.29, 0.717) is 11.7 Å². The largest absolute Gasteiger partial charge is 0.321 e. The summed E-state index contributed by atoms with van der Waals surface area (Å²) in [5.41, 5.74) is -0.107. The summed E-state index contributed by atoms with van der Waals surface area (Å²) in [6.07, 6.45) is 4.49. The quantitative estimate of drug-likeness (QED) is 0.754. The van der Waals surface area contributed by atoms with Gasteiger partial charge in [0, 0.05) is 19.3 Å². The molecule has 0 aliphatic heterocycles. The second-order valence-electron chi connectivity index (χ2n) is 3.10. The molecule has 0 aliphatic rings. The SMILES string of the molecule is Cn1c(Cl)cnc1Cn1cnccc1=O. The zero-order chi connectivity index (χ0) is 10.8. The summed E-state index contributed by atoms with van der Waals surface area (Å²) in [6.45, 7) is 0.371. The maximum absolute atomic E-state index is 11.4. The minimum Gasteiger partial charge on any atom is -0.321 e. The molecule has 0 aromatic carbocycles. The molecule has 0 spiro atoms. The summed E-state index contributed by atoms with van der Waals surface area (Å²) in [7, 11) is 1.80. The van der Waals surface area contributed by atoms with Crippen LogP contribution in [0.2, 0.25) is 5.15 Å². The summed E-state index contributed by atoms with van der Waals surface area (Å²) in [4.78, 5) is 19.4. The minimum atomic E-state index is -0.107. The second kappa shape index (κ2) is 3.86. The maximum Gasteiger partial charge on any atom is 0.253 e. The third-order valence-corrected chi connectivity index (χ3v) is 2.48. The summed E-state index contributed by atoms with van der Waals surface area (Å²) in [5, 5.41) is 0.543. The van der Waals surface area contributed by atoms with Crippen molar-refractivity contribution < 1.29 is 0 Å². The normalized spacial score (nSPS) is 10.5. The molecule has 5 nitrogen and oxygen atoms in total. The van der Waals surface area contributed by atoms with Gasteiger partial charge in [-0.2, -0.15) is 0 Å². The van der Waals surface area contributed by atoms with Crippen LogP contribution in [0.1, 0.15) is 5.82 Å². The van der Waals surface area contributed by atoms with E-state index in [1.165, 1.54) is 23.2 Å². The Kier molecular flexibility index (Phi) is 2.55. The van der Waals surface area contributed by atoms with E-state index in [9.17, 15) is 4.79 Å². The Bertz CT molecular complexity index is 531. The molecule has 0 aliphatic carbocycles. The third kappa shape index (κ3) is 1.92. The van der Waals surface area contributed by atoms with E-state index in [1.54, 1.807) is 17.8 Å². The van der Waals surface area contributed by atoms with Gasteiger partial charge in [0.2, 0.25) is 0 Å². The Balaban J connectivity index is 2.34. The lowest BCUT2D eigenvalue weighted by molar-refractivity contribution is 0.666. The molecule has 78 valence electrons. The number of halogens is 1. The molecular formula is C9H9ClN4O. The first-order valence-corrected chi connectivity index (χ1v) is 4.73. The minimum absolute atomic E-state index is 0.107. The van der Waals surface area contributed by atoms with Crippen LogP contribution < -0.4 is 5.56 Å². The predicted octanol–water partition coefficient (Wildman–Crippen LogP) is 0.678. The van der Waals surface area contributed by atoms with Crippen LogP contribution in [0.5, 0.6) is 0 Å². The van der Waals surface area contributed by atoms with E-state index in [0.717, 1.165) is 5.82 Å². The lowest BCUT2D eigenvalue weighted by atomic mass is 10.5. The Morgan fingerprint density at radius 1 is 1.53 bits per heavy atom. The van der Waals surface area contributed by atoms with Gasteiger partial charge in [-0.3, -0.25) is 9.36 Å². The van der Waals surface area contributed by atoms with Gasteiger partial charge in [-0.25, -0.2) is 9.97 Å². The fourth-order valence-electron chi connectivity index (χ4n) is 1.22. The van der Waals surface area contributed by atoms with E-state index >= 15 is 0 Å². The summed E-state index contributed by atoms with van der Waals surface area (Å²) in [5.74, 6) is 0.718. The number of imidazole rings is 1. The van der Waals surface area contributed by atoms with Crippen molar-refractivity contribution in [2.24, 2.45) is 7.05 Å². The van der Waals surface area contributed by atoms with E-state index < -0.39 is 0 Å². The number of nitrogens with zero attached hydrogens (tertiary/aromatic N) is 4. The van der Waals surface area contributed by atoms with Crippen LogP contribution in [0.4, 0.5) is 0 Å². The molecule has 0 atom stereocenters. The number of aromatic nitrogens is 4. The average molecular weight is 225 g/mol. The van der Waals surface area contributed by atoms with Gasteiger partial charge < -0.3 is 4.57 Å². The van der Waals surface area contributed by atoms with E-state index in [1.807, 2.05) is 0 Å². The monoisotopic (exact) mass is 224 g/mol. The molecule has 2 heterocycles. The molecule has 2 aromatic rings. The molecule has 0 saturated heterocycles. The van der Waals surface area contributed by atoms with Gasteiger partial charge in [0.15, 0.2) is 0 Å². The Hall–Kier alpha value is -1.62. The number of hydrogen-bond acceptors (Lipinski definition) is 3. The number of rotatable bonds is 2. The van der Waals surface area contributed by atoms with E-state index in [-0.39, 0.29) is 5.56 Å². The molecule has 0 radical (unpaired) electrons. The van der Waals surface area contributed by atoms with E-state index in [4.69, 9.17) is 11.6 Å². The predicted molar refractivity (Wildman–Crippen MR) is 55.8 cm³/mol. The molecule has 0 saturated carbocycles. The maximum atomic E-state index is 11.4. The van der Waals surface area contributed by atoms with Crippen molar-refractivity contribution in [3.63, 3.8) is 0 Å². The topological polar surface area (TPSA) is 52.7 Å². The van der Waals surface area contributed by atoms with Crippen molar-refractivity contribution in [1.82, 2.24) is 19.1 Å². The lowest BCUT2D eigenvalue weighted by Gasteiger charge is -2.04. The molecule has 2 aromatic heterocycles. The Labute approximate surface area is 91.0 Å². The summed E-state index contributed by atoms with van der Waals surface area (Å²) in [6, 6.07) is 1.41. The van der Waals surface area contributed by atoms with Crippen LogP contribution in [0.3, 0.4) is 0 Å². The van der Waals surface area contributed by atoms with Gasteiger partial charge in [-0.1, -0.05) is 11.6 Å². The van der Waals surface area contributed by atoms with Crippen molar-refractivity contribution in [1.29, 1.82) is 0 Å². The smallest absolute Gasteiger partial charge is 0.253 e. The highest BCUT2D eigenvalue weighted by atomic mass is 35.5. The molecule has 0 unspecified atom stereocenters. The first-order valence-electron chi connectivity index (χ1n) is 4.35. The molecule has 15 heavy (non-hydrogen) atoms. The molecule has 0 N–H and O–H groups in total. The zero-order valence-corrected chi connectivity index (χ0v) is 8.85. The summed E-state index contributed by atoms with van der Waals surface area (Å²) < 4.78 is 3.19. The lowest BCUT2D eigenvalue weighted by Crippen LogP contribution is -2.20. The number of hydrogen-bond donors (Lipinski definition) is 0. The van der Waals surface area contributed by atoms with Gasteiger partial charge in [-0.05, 0) is 0 Å². The van der Waals surface area contributed by atoms with Crippen molar-refractivity contribution >= 4 is 11.6 Å². The van der Waals surface area contributed by atoms with Gasteiger partial charge in [-0.15, -0.1) is 0 Å². The van der Waals surface area contributed by atoms with Gasteiger partial charge in [0.05, 0.1) is 19.1 Å². The molecule has 0 fully saturated rings. The Morgan fingerprint density at radius 2 is 2.33 bits per heavy atom. The average Bonchev–Trinajstić information content (AvgIpc) is 2.53. The highest BCUT2D eigenvalue weighted by molar-refractivity contribution is 6.29. The van der Waals surface area contributed by atoms with Crippen molar-refractivity contribution in [3.05, 3.63) is 46.1 Å². The van der Waals surface area contributed by atoms with Crippen molar-refractivity contribution in [2.45, 2.75) is 6.54 Å². The molecular weight excluding hydrogens is 216 g/mol. The molecule has 6 heteroatoms. The van der Waals surface area contributed by atoms with Crippen LogP contribution in [0.25, 0.3) is 0 Å². The van der Waals surface area contributed by atoms with Crippen LogP contribution in [-0.2, 0) is 13.6 Å². The van der Waals surface area contributed by atoms with Gasteiger partial charge >= 0.3 is 0 Å². The fraction of sp³-hybridized carbons (Fsp3) is 0.222. The zero-order valence-electron chi connectivity index (χ0n) is 8.09. The van der Waals surface area contributed by atoms with Crippen LogP contribution in [0, 0.1) is 0 Å². The van der Waals surface area contributed by atoms with Crippen molar-refractivity contribution in [2.75, 3.05) is 0 Å². The second-order valence-corrected chi connectivity index (χ2v) is 3.49. The molecule has 0 bridgehead atoms. The standard InChI is InChI=1S/C9H9ClN4O/c1-13-7(10)4-12-8(13)5-14-6-11-3-2-9(14)15/h2-4,6H,5H2,1H3. The first kappa shape index (κ1) is 9.92.